The van der Waals surface area contributed by atoms with Crippen molar-refractivity contribution in [3.05, 3.63) is 71.7 Å². The number of anilines is 1. The first-order valence-corrected chi connectivity index (χ1v) is 8.71. The fraction of sp³-hybridized carbons (Fsp3) is 0.200. The van der Waals surface area contributed by atoms with Gasteiger partial charge >= 0.3 is 0 Å². The third kappa shape index (κ3) is 3.08. The molecule has 0 aliphatic heterocycles. The van der Waals surface area contributed by atoms with E-state index in [0.717, 1.165) is 22.2 Å². The molecule has 4 aromatic rings. The average molecular weight is 360 g/mol. The minimum Gasteiger partial charge on any atom is -0.348 e. The van der Waals surface area contributed by atoms with E-state index in [-0.39, 0.29) is 5.91 Å². The number of hydrogen-bond acceptors (Lipinski definition) is 4. The van der Waals surface area contributed by atoms with E-state index in [1.807, 2.05) is 55.6 Å². The summed E-state index contributed by atoms with van der Waals surface area (Å²) in [6, 6.07) is 16.9. The SMILES string of the molecule is Cc1nnnn1C(C(=O)Nc1ccc2c(c1)cc(C)n2C)c1ccccc1. The van der Waals surface area contributed by atoms with Crippen LogP contribution in [-0.2, 0) is 11.8 Å². The van der Waals surface area contributed by atoms with Crippen molar-refractivity contribution in [1.82, 2.24) is 24.8 Å². The summed E-state index contributed by atoms with van der Waals surface area (Å²) in [6.07, 6.45) is 0. The number of nitrogens with zero attached hydrogens (tertiary/aromatic N) is 5. The molecule has 4 rings (SSSR count). The Hall–Kier alpha value is -3.48. The lowest BCUT2D eigenvalue weighted by Gasteiger charge is -2.18. The van der Waals surface area contributed by atoms with Gasteiger partial charge in [0.05, 0.1) is 0 Å². The molecule has 0 saturated heterocycles. The highest BCUT2D eigenvalue weighted by atomic mass is 16.2. The van der Waals surface area contributed by atoms with Crippen LogP contribution in [0.15, 0.2) is 54.6 Å². The van der Waals surface area contributed by atoms with Crippen molar-refractivity contribution < 1.29 is 4.79 Å². The predicted octanol–water partition coefficient (Wildman–Crippen LogP) is 3.01. The van der Waals surface area contributed by atoms with E-state index < -0.39 is 6.04 Å². The van der Waals surface area contributed by atoms with Gasteiger partial charge in [-0.05, 0) is 54.1 Å². The highest BCUT2D eigenvalue weighted by Gasteiger charge is 2.25. The molecular formula is C20H20N6O. The van der Waals surface area contributed by atoms with Crippen LogP contribution in [-0.4, -0.2) is 30.7 Å². The monoisotopic (exact) mass is 360 g/mol. The van der Waals surface area contributed by atoms with E-state index >= 15 is 0 Å². The number of aromatic nitrogens is 5. The summed E-state index contributed by atoms with van der Waals surface area (Å²) in [5, 5.41) is 15.7. The molecule has 0 radical (unpaired) electrons. The van der Waals surface area contributed by atoms with Crippen LogP contribution < -0.4 is 5.32 Å². The second-order valence-corrected chi connectivity index (χ2v) is 6.59. The van der Waals surface area contributed by atoms with E-state index in [2.05, 4.69) is 38.4 Å². The number of rotatable bonds is 4. The maximum absolute atomic E-state index is 13.1. The molecule has 2 aromatic heterocycles. The summed E-state index contributed by atoms with van der Waals surface area (Å²) < 4.78 is 3.66. The summed E-state index contributed by atoms with van der Waals surface area (Å²) in [6.45, 7) is 3.84. The number of nitrogens with one attached hydrogen (secondary N) is 1. The number of carbonyl (C=O) groups is 1. The molecule has 7 nitrogen and oxygen atoms in total. The van der Waals surface area contributed by atoms with Crippen LogP contribution in [0.4, 0.5) is 5.69 Å². The number of fused-ring (bicyclic) bond motifs is 1. The third-order valence-electron chi connectivity index (χ3n) is 4.82. The van der Waals surface area contributed by atoms with Gasteiger partial charge in [-0.1, -0.05) is 30.3 Å². The molecule has 2 aromatic carbocycles. The first-order valence-electron chi connectivity index (χ1n) is 8.71. The Kier molecular flexibility index (Phi) is 4.19. The standard InChI is InChI=1S/C20H20N6O/c1-13-11-16-12-17(9-10-18(16)25(13)3)21-20(27)19(15-7-5-4-6-8-15)26-14(2)22-23-24-26/h4-12,19H,1-3H3,(H,21,27). The molecule has 1 unspecified atom stereocenters. The van der Waals surface area contributed by atoms with Gasteiger partial charge in [-0.15, -0.1) is 5.10 Å². The molecule has 1 amide bonds. The number of carbonyl (C=O) groups excluding carboxylic acids is 1. The van der Waals surface area contributed by atoms with Crippen LogP contribution in [0.25, 0.3) is 10.9 Å². The zero-order chi connectivity index (χ0) is 19.0. The number of benzene rings is 2. The Morgan fingerprint density at radius 1 is 1.07 bits per heavy atom. The van der Waals surface area contributed by atoms with E-state index in [1.54, 1.807) is 6.92 Å². The molecule has 0 aliphatic rings. The van der Waals surface area contributed by atoms with Gasteiger partial charge in [-0.2, -0.15) is 0 Å². The number of tetrazole rings is 1. The molecular weight excluding hydrogens is 340 g/mol. The highest BCUT2D eigenvalue weighted by molar-refractivity contribution is 5.97. The van der Waals surface area contributed by atoms with Crippen LogP contribution in [0, 0.1) is 13.8 Å². The molecule has 0 spiro atoms. The van der Waals surface area contributed by atoms with Crippen molar-refractivity contribution in [3.63, 3.8) is 0 Å². The summed E-state index contributed by atoms with van der Waals surface area (Å²) in [4.78, 5) is 13.1. The molecule has 0 saturated carbocycles. The Labute approximate surface area is 156 Å². The Bertz CT molecular complexity index is 1110. The predicted molar refractivity (Wildman–Crippen MR) is 103 cm³/mol. The molecule has 7 heteroatoms. The summed E-state index contributed by atoms with van der Waals surface area (Å²) in [7, 11) is 2.03. The second-order valence-electron chi connectivity index (χ2n) is 6.59. The minimum atomic E-state index is -0.644. The van der Waals surface area contributed by atoms with Crippen molar-refractivity contribution in [2.45, 2.75) is 19.9 Å². The van der Waals surface area contributed by atoms with E-state index in [9.17, 15) is 4.79 Å². The van der Waals surface area contributed by atoms with Crippen LogP contribution in [0.2, 0.25) is 0 Å². The topological polar surface area (TPSA) is 77.6 Å². The van der Waals surface area contributed by atoms with E-state index in [1.165, 1.54) is 10.4 Å². The molecule has 0 fully saturated rings. The van der Waals surface area contributed by atoms with E-state index in [4.69, 9.17) is 0 Å². The van der Waals surface area contributed by atoms with Crippen molar-refractivity contribution in [1.29, 1.82) is 0 Å². The van der Waals surface area contributed by atoms with Gasteiger partial charge in [-0.3, -0.25) is 4.79 Å². The molecule has 27 heavy (non-hydrogen) atoms. The van der Waals surface area contributed by atoms with Crippen LogP contribution in [0.3, 0.4) is 0 Å². The first-order chi connectivity index (χ1) is 13.0. The fourth-order valence-electron chi connectivity index (χ4n) is 3.29. The summed E-state index contributed by atoms with van der Waals surface area (Å²) >= 11 is 0. The smallest absolute Gasteiger partial charge is 0.253 e. The van der Waals surface area contributed by atoms with Crippen molar-refractivity contribution in [2.75, 3.05) is 5.32 Å². The molecule has 2 heterocycles. The largest absolute Gasteiger partial charge is 0.348 e. The zero-order valence-corrected chi connectivity index (χ0v) is 15.4. The normalized spacial score (nSPS) is 12.3. The maximum atomic E-state index is 13.1. The first kappa shape index (κ1) is 17.0. The molecule has 1 atom stereocenters. The number of hydrogen-bond donors (Lipinski definition) is 1. The molecule has 1 N–H and O–H groups in total. The minimum absolute atomic E-state index is 0.191. The van der Waals surface area contributed by atoms with E-state index in [0.29, 0.717) is 5.82 Å². The second kappa shape index (κ2) is 6.68. The molecule has 136 valence electrons. The van der Waals surface area contributed by atoms with Crippen LogP contribution >= 0.6 is 0 Å². The Balaban J connectivity index is 1.69. The molecule has 0 bridgehead atoms. The zero-order valence-electron chi connectivity index (χ0n) is 15.4. The lowest BCUT2D eigenvalue weighted by atomic mass is 10.1. The van der Waals surface area contributed by atoms with Gasteiger partial charge in [0.15, 0.2) is 6.04 Å². The van der Waals surface area contributed by atoms with Gasteiger partial charge in [0.25, 0.3) is 5.91 Å². The summed E-state index contributed by atoms with van der Waals surface area (Å²) in [5.41, 5.74) is 3.85. The highest BCUT2D eigenvalue weighted by Crippen LogP contribution is 2.25. The van der Waals surface area contributed by atoms with Gasteiger partial charge in [-0.25, -0.2) is 4.68 Å². The van der Waals surface area contributed by atoms with Crippen LogP contribution in [0.1, 0.15) is 23.1 Å². The fourth-order valence-corrected chi connectivity index (χ4v) is 3.29. The van der Waals surface area contributed by atoms with Gasteiger partial charge in [0, 0.05) is 29.3 Å². The summed E-state index contributed by atoms with van der Waals surface area (Å²) in [5.74, 6) is 0.386. The Morgan fingerprint density at radius 3 is 2.56 bits per heavy atom. The molecule has 0 aliphatic carbocycles. The quantitative estimate of drug-likeness (QED) is 0.607. The maximum Gasteiger partial charge on any atom is 0.253 e. The van der Waals surface area contributed by atoms with Gasteiger partial charge in [0.2, 0.25) is 0 Å². The Morgan fingerprint density at radius 2 is 1.85 bits per heavy atom. The third-order valence-corrected chi connectivity index (χ3v) is 4.82. The van der Waals surface area contributed by atoms with Crippen molar-refractivity contribution >= 4 is 22.5 Å². The van der Waals surface area contributed by atoms with Crippen molar-refractivity contribution in [3.8, 4) is 0 Å². The lowest BCUT2D eigenvalue weighted by Crippen LogP contribution is -2.28. The number of amides is 1. The van der Waals surface area contributed by atoms with Gasteiger partial charge < -0.3 is 9.88 Å². The van der Waals surface area contributed by atoms with Gasteiger partial charge in [0.1, 0.15) is 5.82 Å². The average Bonchev–Trinajstić information content (AvgIpc) is 3.19. The van der Waals surface area contributed by atoms with Crippen molar-refractivity contribution in [2.24, 2.45) is 7.05 Å². The lowest BCUT2D eigenvalue weighted by molar-refractivity contribution is -0.118. The number of aryl methyl sites for hydroxylation is 3. The van der Waals surface area contributed by atoms with Crippen LogP contribution in [0.5, 0.6) is 0 Å².